The van der Waals surface area contributed by atoms with Gasteiger partial charge in [-0.15, -0.1) is 0 Å². The van der Waals surface area contributed by atoms with Crippen molar-refractivity contribution in [3.05, 3.63) is 28.9 Å². The van der Waals surface area contributed by atoms with Crippen molar-refractivity contribution in [1.29, 1.82) is 0 Å². The van der Waals surface area contributed by atoms with E-state index in [-0.39, 0.29) is 21.7 Å². The quantitative estimate of drug-likeness (QED) is 0.719. The van der Waals surface area contributed by atoms with E-state index in [0.717, 1.165) is 6.07 Å². The predicted molar refractivity (Wildman–Crippen MR) is 61.3 cm³/mol. The van der Waals surface area contributed by atoms with E-state index in [2.05, 4.69) is 4.98 Å². The van der Waals surface area contributed by atoms with E-state index in [9.17, 15) is 18.3 Å². The van der Waals surface area contributed by atoms with Crippen molar-refractivity contribution in [1.82, 2.24) is 4.98 Å². The molecule has 1 aromatic heterocycles. The van der Waals surface area contributed by atoms with Gasteiger partial charge in [-0.1, -0.05) is 25.4 Å². The second-order valence-electron chi connectivity index (χ2n) is 3.07. The maximum Gasteiger partial charge on any atom is 0.431 e. The summed E-state index contributed by atoms with van der Waals surface area (Å²) in [5.41, 5.74) is -0.621. The summed E-state index contributed by atoms with van der Waals surface area (Å²) < 4.78 is 36.9. The number of aromatic amines is 1. The molecule has 1 heterocycles. The highest BCUT2D eigenvalue weighted by Gasteiger charge is 2.32. The van der Waals surface area contributed by atoms with Crippen LogP contribution in [0.3, 0.4) is 0 Å². The topological polar surface area (TPSA) is 36.0 Å². The van der Waals surface area contributed by atoms with Gasteiger partial charge in [0.2, 0.25) is 0 Å². The van der Waals surface area contributed by atoms with Crippen LogP contribution in [0.15, 0.2) is 18.2 Å². The molecule has 0 aliphatic carbocycles. The van der Waals surface area contributed by atoms with Crippen LogP contribution in [0.5, 0.6) is 5.75 Å². The lowest BCUT2D eigenvalue weighted by Crippen LogP contribution is -2.04. The van der Waals surface area contributed by atoms with Crippen LogP contribution in [0, 0.1) is 0 Å². The third kappa shape index (κ3) is 2.85. The number of hydrogen-bond acceptors (Lipinski definition) is 1. The first-order valence-electron chi connectivity index (χ1n) is 4.96. The molecule has 1 aromatic carbocycles. The van der Waals surface area contributed by atoms with Crippen LogP contribution in [0.4, 0.5) is 13.2 Å². The van der Waals surface area contributed by atoms with Gasteiger partial charge in [-0.3, -0.25) is 0 Å². The molecule has 0 saturated carbocycles. The zero-order valence-corrected chi connectivity index (χ0v) is 9.95. The van der Waals surface area contributed by atoms with E-state index in [1.807, 2.05) is 13.8 Å². The first-order valence-corrected chi connectivity index (χ1v) is 5.34. The zero-order valence-electron chi connectivity index (χ0n) is 9.19. The van der Waals surface area contributed by atoms with Crippen LogP contribution in [-0.4, -0.2) is 10.1 Å². The zero-order chi connectivity index (χ0) is 13.2. The van der Waals surface area contributed by atoms with Gasteiger partial charge in [0.05, 0.1) is 5.02 Å². The predicted octanol–water partition coefficient (Wildman–Crippen LogP) is 4.57. The number of phenols is 1. The number of fused-ring (bicyclic) bond motifs is 1. The molecule has 0 unspecified atom stereocenters. The Morgan fingerprint density at radius 3 is 2.29 bits per heavy atom. The van der Waals surface area contributed by atoms with Gasteiger partial charge in [-0.05, 0) is 18.2 Å². The molecule has 2 rings (SSSR count). The summed E-state index contributed by atoms with van der Waals surface area (Å²) in [5.74, 6) is -0.239. The Labute approximate surface area is 101 Å². The summed E-state index contributed by atoms with van der Waals surface area (Å²) in [6, 6.07) is 3.36. The normalized spacial score (nSPS) is 11.2. The molecule has 94 valence electrons. The van der Waals surface area contributed by atoms with Gasteiger partial charge in [0, 0.05) is 10.9 Å². The molecule has 0 spiro atoms. The first kappa shape index (κ1) is 13.7. The van der Waals surface area contributed by atoms with Crippen molar-refractivity contribution in [2.24, 2.45) is 0 Å². The highest BCUT2D eigenvalue weighted by molar-refractivity contribution is 6.32. The van der Waals surface area contributed by atoms with Crippen molar-refractivity contribution in [2.45, 2.75) is 20.0 Å². The Balaban J connectivity index is 0.000000686. The van der Waals surface area contributed by atoms with Gasteiger partial charge in [-0.25, -0.2) is 0 Å². The highest BCUT2D eigenvalue weighted by Crippen LogP contribution is 2.34. The molecule has 0 bridgehead atoms. The molecule has 2 aromatic rings. The van der Waals surface area contributed by atoms with E-state index in [0.29, 0.717) is 0 Å². The standard InChI is InChI=1S/C9H5ClF3NO.C2H6/c10-5-3-6-4(1-7(5)15)2-8(14-6)9(11,12)13;1-2/h1-3,14-15H;1-2H3. The Hall–Kier alpha value is -1.36. The van der Waals surface area contributed by atoms with Crippen molar-refractivity contribution in [2.75, 3.05) is 0 Å². The maximum atomic E-state index is 12.3. The minimum atomic E-state index is -4.43. The number of rotatable bonds is 0. The Bertz CT molecular complexity index is 480. The molecule has 0 aliphatic heterocycles. The number of H-pyrrole nitrogens is 1. The number of nitrogens with one attached hydrogen (secondary N) is 1. The minimum absolute atomic E-state index is 0.0121. The summed E-state index contributed by atoms with van der Waals surface area (Å²) in [7, 11) is 0. The van der Waals surface area contributed by atoms with Gasteiger partial charge >= 0.3 is 6.18 Å². The third-order valence-electron chi connectivity index (χ3n) is 1.99. The first-order chi connectivity index (χ1) is 7.88. The fourth-order valence-electron chi connectivity index (χ4n) is 1.30. The molecule has 2 nitrogen and oxygen atoms in total. The number of benzene rings is 1. The smallest absolute Gasteiger partial charge is 0.431 e. The van der Waals surface area contributed by atoms with Gasteiger partial charge in [0.1, 0.15) is 11.4 Å². The van der Waals surface area contributed by atoms with Crippen molar-refractivity contribution < 1.29 is 18.3 Å². The van der Waals surface area contributed by atoms with Crippen LogP contribution >= 0.6 is 11.6 Å². The van der Waals surface area contributed by atoms with Gasteiger partial charge < -0.3 is 10.1 Å². The fourth-order valence-corrected chi connectivity index (χ4v) is 1.46. The summed E-state index contributed by atoms with van der Waals surface area (Å²) in [4.78, 5) is 2.18. The lowest BCUT2D eigenvalue weighted by atomic mass is 10.2. The SMILES string of the molecule is CC.Oc1cc2cc(C(F)(F)F)[nH]c2cc1Cl. The number of alkyl halides is 3. The van der Waals surface area contributed by atoms with Gasteiger partial charge in [0.15, 0.2) is 0 Å². The minimum Gasteiger partial charge on any atom is -0.506 e. The summed E-state index contributed by atoms with van der Waals surface area (Å²) in [6.07, 6.45) is -4.43. The molecule has 0 atom stereocenters. The number of halogens is 4. The van der Waals surface area contributed by atoms with E-state index in [1.165, 1.54) is 12.1 Å². The molecular formula is C11H11ClF3NO. The van der Waals surface area contributed by atoms with Crippen LogP contribution < -0.4 is 0 Å². The van der Waals surface area contributed by atoms with Crippen molar-refractivity contribution in [3.63, 3.8) is 0 Å². The van der Waals surface area contributed by atoms with E-state index < -0.39 is 11.9 Å². The molecule has 0 fully saturated rings. The van der Waals surface area contributed by atoms with E-state index in [4.69, 9.17) is 11.6 Å². The average molecular weight is 266 g/mol. The number of hydrogen-bond donors (Lipinski definition) is 2. The Morgan fingerprint density at radius 2 is 1.76 bits per heavy atom. The number of phenolic OH excluding ortho intramolecular Hbond substituents is 1. The van der Waals surface area contributed by atoms with Crippen LogP contribution in [-0.2, 0) is 6.18 Å². The second kappa shape index (κ2) is 4.87. The lowest BCUT2D eigenvalue weighted by molar-refractivity contribution is -0.140. The molecule has 0 amide bonds. The van der Waals surface area contributed by atoms with E-state index >= 15 is 0 Å². The summed E-state index contributed by atoms with van der Waals surface area (Å²) in [6.45, 7) is 4.00. The number of aromatic nitrogens is 1. The summed E-state index contributed by atoms with van der Waals surface area (Å²) in [5, 5.41) is 9.48. The van der Waals surface area contributed by atoms with Gasteiger partial charge in [-0.2, -0.15) is 13.2 Å². The van der Waals surface area contributed by atoms with E-state index in [1.54, 1.807) is 0 Å². The molecular weight excluding hydrogens is 255 g/mol. The molecule has 17 heavy (non-hydrogen) atoms. The largest absolute Gasteiger partial charge is 0.506 e. The molecule has 2 N–H and O–H groups in total. The third-order valence-corrected chi connectivity index (χ3v) is 2.30. The number of aromatic hydroxyl groups is 1. The maximum absolute atomic E-state index is 12.3. The second-order valence-corrected chi connectivity index (χ2v) is 3.48. The lowest BCUT2D eigenvalue weighted by Gasteiger charge is -2.00. The highest BCUT2D eigenvalue weighted by atomic mass is 35.5. The monoisotopic (exact) mass is 265 g/mol. The summed E-state index contributed by atoms with van der Waals surface area (Å²) >= 11 is 5.56. The molecule has 0 saturated heterocycles. The van der Waals surface area contributed by atoms with Crippen molar-refractivity contribution >= 4 is 22.5 Å². The Kier molecular flexibility index (Phi) is 3.93. The molecule has 0 radical (unpaired) electrons. The van der Waals surface area contributed by atoms with Crippen LogP contribution in [0.1, 0.15) is 19.5 Å². The van der Waals surface area contributed by atoms with Crippen LogP contribution in [0.2, 0.25) is 5.02 Å². The molecule has 0 aliphatic rings. The Morgan fingerprint density at radius 1 is 1.18 bits per heavy atom. The fraction of sp³-hybridized carbons (Fsp3) is 0.273. The molecule has 6 heteroatoms. The van der Waals surface area contributed by atoms with Crippen molar-refractivity contribution in [3.8, 4) is 5.75 Å². The van der Waals surface area contributed by atoms with Gasteiger partial charge in [0.25, 0.3) is 0 Å². The average Bonchev–Trinajstić information content (AvgIpc) is 2.64. The van der Waals surface area contributed by atoms with Crippen LogP contribution in [0.25, 0.3) is 10.9 Å².